The molecule has 2 aromatic rings. The molecule has 0 spiro atoms. The Hall–Kier alpha value is -3.02. The van der Waals surface area contributed by atoms with Gasteiger partial charge in [-0.25, -0.2) is 0 Å². The maximum atomic E-state index is 12.2. The molecule has 1 saturated heterocycles. The number of ether oxygens (including phenoxy) is 1. The van der Waals surface area contributed by atoms with Gasteiger partial charge in [0.1, 0.15) is 5.75 Å². The van der Waals surface area contributed by atoms with Gasteiger partial charge in [-0.2, -0.15) is 0 Å². The van der Waals surface area contributed by atoms with E-state index in [4.69, 9.17) is 4.74 Å². The number of benzene rings is 2. The van der Waals surface area contributed by atoms with Gasteiger partial charge in [0.25, 0.3) is 0 Å². The lowest BCUT2D eigenvalue weighted by molar-refractivity contribution is -0.121. The quantitative estimate of drug-likeness (QED) is 0.841. The van der Waals surface area contributed by atoms with E-state index in [-0.39, 0.29) is 11.8 Å². The summed E-state index contributed by atoms with van der Waals surface area (Å²) in [6.45, 7) is 3.09. The summed E-state index contributed by atoms with van der Waals surface area (Å²) < 4.78 is 5.50. The Bertz CT molecular complexity index is 848. The molecule has 6 nitrogen and oxygen atoms in total. The Labute approximate surface area is 158 Å². The first-order valence-electron chi connectivity index (χ1n) is 9.29. The Kier molecular flexibility index (Phi) is 4.96. The van der Waals surface area contributed by atoms with Crippen LogP contribution in [0, 0.1) is 0 Å². The second-order valence-electron chi connectivity index (χ2n) is 6.93. The van der Waals surface area contributed by atoms with Gasteiger partial charge in [0, 0.05) is 31.7 Å². The molecule has 2 aliphatic heterocycles. The highest BCUT2D eigenvalue weighted by Gasteiger charge is 2.16. The Morgan fingerprint density at radius 1 is 1.15 bits per heavy atom. The molecular formula is C21H23N3O3. The van der Waals surface area contributed by atoms with E-state index in [0.717, 1.165) is 42.1 Å². The monoisotopic (exact) mass is 365 g/mol. The fourth-order valence-electron chi connectivity index (χ4n) is 3.48. The number of hydrogen-bond acceptors (Lipinski definition) is 4. The van der Waals surface area contributed by atoms with Gasteiger partial charge in [0.05, 0.1) is 19.6 Å². The van der Waals surface area contributed by atoms with Crippen LogP contribution in [0.2, 0.25) is 0 Å². The van der Waals surface area contributed by atoms with Crippen molar-refractivity contribution in [2.45, 2.75) is 19.4 Å². The largest absolute Gasteiger partial charge is 0.493 e. The van der Waals surface area contributed by atoms with E-state index in [1.54, 1.807) is 0 Å². The van der Waals surface area contributed by atoms with Gasteiger partial charge in [-0.15, -0.1) is 0 Å². The number of amides is 2. The maximum Gasteiger partial charge on any atom is 0.239 e. The minimum atomic E-state index is 0.00523. The van der Waals surface area contributed by atoms with Crippen molar-refractivity contribution in [3.05, 3.63) is 59.2 Å². The predicted molar refractivity (Wildman–Crippen MR) is 103 cm³/mol. The Morgan fingerprint density at radius 2 is 1.96 bits per heavy atom. The third-order valence-electron chi connectivity index (χ3n) is 4.95. The van der Waals surface area contributed by atoms with E-state index >= 15 is 0 Å². The van der Waals surface area contributed by atoms with Crippen molar-refractivity contribution in [1.82, 2.24) is 10.6 Å². The number of carbonyl (C=O) groups is 2. The van der Waals surface area contributed by atoms with E-state index in [9.17, 15) is 9.59 Å². The molecule has 0 unspecified atom stereocenters. The van der Waals surface area contributed by atoms with Crippen LogP contribution >= 0.6 is 0 Å². The van der Waals surface area contributed by atoms with Crippen LogP contribution < -0.4 is 20.3 Å². The number of hydrogen-bond donors (Lipinski definition) is 2. The molecule has 4 rings (SSSR count). The van der Waals surface area contributed by atoms with E-state index in [2.05, 4.69) is 21.6 Å². The first-order valence-corrected chi connectivity index (χ1v) is 9.29. The first kappa shape index (κ1) is 17.4. The molecule has 0 saturated carbocycles. The SMILES string of the molecule is O=C(Cc1ccc2c(c1)CCO2)NCc1ccc(N2CCNC(=O)C2)cc1. The molecule has 140 valence electrons. The molecule has 2 amide bonds. The highest BCUT2D eigenvalue weighted by molar-refractivity contribution is 5.82. The average Bonchev–Trinajstić information content (AvgIpc) is 3.15. The van der Waals surface area contributed by atoms with Crippen molar-refractivity contribution >= 4 is 17.5 Å². The average molecular weight is 365 g/mol. The van der Waals surface area contributed by atoms with Crippen molar-refractivity contribution in [2.75, 3.05) is 31.1 Å². The minimum absolute atomic E-state index is 0.00523. The van der Waals surface area contributed by atoms with E-state index in [1.165, 1.54) is 5.56 Å². The van der Waals surface area contributed by atoms with Gasteiger partial charge < -0.3 is 20.3 Å². The van der Waals surface area contributed by atoms with Gasteiger partial charge in [-0.3, -0.25) is 9.59 Å². The summed E-state index contributed by atoms with van der Waals surface area (Å²) in [4.78, 5) is 25.8. The molecule has 0 aromatic heterocycles. The number of fused-ring (bicyclic) bond motifs is 1. The lowest BCUT2D eigenvalue weighted by atomic mass is 10.1. The summed E-state index contributed by atoms with van der Waals surface area (Å²) in [7, 11) is 0. The van der Waals surface area contributed by atoms with Crippen LogP contribution in [0.15, 0.2) is 42.5 Å². The van der Waals surface area contributed by atoms with Crippen molar-refractivity contribution in [3.63, 3.8) is 0 Å². The molecule has 2 aliphatic rings. The maximum absolute atomic E-state index is 12.2. The normalized spacial score (nSPS) is 15.7. The first-order chi connectivity index (χ1) is 13.2. The molecular weight excluding hydrogens is 342 g/mol. The van der Waals surface area contributed by atoms with Crippen LogP contribution in [0.5, 0.6) is 5.75 Å². The predicted octanol–water partition coefficient (Wildman–Crippen LogP) is 1.42. The third-order valence-corrected chi connectivity index (χ3v) is 4.95. The van der Waals surface area contributed by atoms with Crippen molar-refractivity contribution < 1.29 is 14.3 Å². The van der Waals surface area contributed by atoms with Gasteiger partial charge >= 0.3 is 0 Å². The third kappa shape index (κ3) is 4.22. The molecule has 27 heavy (non-hydrogen) atoms. The molecule has 2 aromatic carbocycles. The zero-order valence-corrected chi connectivity index (χ0v) is 15.2. The molecule has 0 bridgehead atoms. The molecule has 2 N–H and O–H groups in total. The topological polar surface area (TPSA) is 70.7 Å². The number of anilines is 1. The van der Waals surface area contributed by atoms with Crippen LogP contribution in [0.1, 0.15) is 16.7 Å². The van der Waals surface area contributed by atoms with Crippen LogP contribution in [0.3, 0.4) is 0 Å². The van der Waals surface area contributed by atoms with Gasteiger partial charge in [0.15, 0.2) is 0 Å². The fraction of sp³-hybridized carbons (Fsp3) is 0.333. The molecule has 0 radical (unpaired) electrons. The van der Waals surface area contributed by atoms with E-state index in [0.29, 0.717) is 26.1 Å². The summed E-state index contributed by atoms with van der Waals surface area (Å²) in [6, 6.07) is 14.0. The van der Waals surface area contributed by atoms with Crippen LogP contribution in [-0.4, -0.2) is 38.1 Å². The van der Waals surface area contributed by atoms with Crippen molar-refractivity contribution in [3.8, 4) is 5.75 Å². The lowest BCUT2D eigenvalue weighted by Crippen LogP contribution is -2.47. The van der Waals surface area contributed by atoms with E-state index < -0.39 is 0 Å². The Morgan fingerprint density at radius 3 is 2.78 bits per heavy atom. The smallest absolute Gasteiger partial charge is 0.239 e. The number of carbonyl (C=O) groups excluding carboxylic acids is 2. The van der Waals surface area contributed by atoms with Gasteiger partial charge in [0.2, 0.25) is 11.8 Å². The molecule has 1 fully saturated rings. The van der Waals surface area contributed by atoms with Crippen LogP contribution in [-0.2, 0) is 29.0 Å². The molecule has 0 aliphatic carbocycles. The highest BCUT2D eigenvalue weighted by atomic mass is 16.5. The van der Waals surface area contributed by atoms with Crippen molar-refractivity contribution in [2.24, 2.45) is 0 Å². The highest BCUT2D eigenvalue weighted by Crippen LogP contribution is 2.26. The van der Waals surface area contributed by atoms with Crippen LogP contribution in [0.4, 0.5) is 5.69 Å². The number of piperazine rings is 1. The van der Waals surface area contributed by atoms with E-state index in [1.807, 2.05) is 36.4 Å². The summed E-state index contributed by atoms with van der Waals surface area (Å²) >= 11 is 0. The Balaban J connectivity index is 1.29. The van der Waals surface area contributed by atoms with Crippen molar-refractivity contribution in [1.29, 1.82) is 0 Å². The minimum Gasteiger partial charge on any atom is -0.493 e. The number of nitrogens with one attached hydrogen (secondary N) is 2. The second kappa shape index (κ2) is 7.70. The summed E-state index contributed by atoms with van der Waals surface area (Å²) in [5.74, 6) is 0.992. The lowest BCUT2D eigenvalue weighted by Gasteiger charge is -2.28. The molecule has 2 heterocycles. The fourth-order valence-corrected chi connectivity index (χ4v) is 3.48. The zero-order chi connectivity index (χ0) is 18.6. The van der Waals surface area contributed by atoms with Gasteiger partial charge in [-0.05, 0) is 34.9 Å². The van der Waals surface area contributed by atoms with Gasteiger partial charge in [-0.1, -0.05) is 24.3 Å². The summed E-state index contributed by atoms with van der Waals surface area (Å²) in [5.41, 5.74) is 4.26. The molecule has 6 heteroatoms. The zero-order valence-electron chi connectivity index (χ0n) is 15.2. The number of rotatable bonds is 5. The summed E-state index contributed by atoms with van der Waals surface area (Å²) in [6.07, 6.45) is 1.28. The standard InChI is InChI=1S/C21H23N3O3/c25-20(12-16-3-6-19-17(11-16)7-10-27-19)23-13-15-1-4-18(5-2-15)24-9-8-22-21(26)14-24/h1-6,11H,7-10,12-14H2,(H,22,26)(H,23,25). The second-order valence-corrected chi connectivity index (χ2v) is 6.93. The van der Waals surface area contributed by atoms with Crippen LogP contribution in [0.25, 0.3) is 0 Å². The molecule has 0 atom stereocenters. The summed E-state index contributed by atoms with van der Waals surface area (Å²) in [5, 5.41) is 5.80. The number of nitrogens with zero attached hydrogens (tertiary/aromatic N) is 1.